The quantitative estimate of drug-likeness (QED) is 0.313. The maximum atomic E-state index is 10.4. The van der Waals surface area contributed by atoms with Crippen LogP contribution in [0, 0.1) is 12.3 Å². The molecule has 0 heterocycles. The second-order valence-electron chi connectivity index (χ2n) is 9.46. The number of aryl methyl sites for hydroxylation is 1. The summed E-state index contributed by atoms with van der Waals surface area (Å²) < 4.78 is 10.2. The van der Waals surface area contributed by atoms with E-state index >= 15 is 0 Å². The molecular weight excluding hydrogens is 499 g/mol. The fourth-order valence-corrected chi connectivity index (χ4v) is 4.92. The Labute approximate surface area is 225 Å². The number of nitrogens with one attached hydrogen (secondary N) is 2. The highest BCUT2D eigenvalue weighted by Crippen LogP contribution is 2.66. The van der Waals surface area contributed by atoms with Gasteiger partial charge in [-0.3, -0.25) is 9.59 Å². The molecule has 0 saturated heterocycles. The highest BCUT2D eigenvalue weighted by atomic mass is 35.5. The number of halogens is 2. The monoisotopic (exact) mass is 536 g/mol. The Kier molecular flexibility index (Phi) is 12.2. The topological polar surface area (TPSA) is 76.7 Å². The van der Waals surface area contributed by atoms with Crippen molar-refractivity contribution in [3.05, 3.63) is 63.6 Å². The highest BCUT2D eigenvalue weighted by Gasteiger charge is 2.69. The summed E-state index contributed by atoms with van der Waals surface area (Å²) in [4.78, 5) is 20.3. The summed E-state index contributed by atoms with van der Waals surface area (Å²) >= 11 is 11.4. The van der Waals surface area contributed by atoms with E-state index in [9.17, 15) is 9.59 Å². The first kappa shape index (κ1) is 30.1. The van der Waals surface area contributed by atoms with E-state index in [2.05, 4.69) is 48.7 Å². The maximum absolute atomic E-state index is 10.4. The smallest absolute Gasteiger partial charge is 0.207 e. The molecule has 0 aromatic heterocycles. The maximum Gasteiger partial charge on any atom is 0.207 e. The molecule has 2 aliphatic carbocycles. The van der Waals surface area contributed by atoms with Crippen molar-refractivity contribution in [3.63, 3.8) is 0 Å². The Bertz CT molecular complexity index is 973. The fourth-order valence-electron chi connectivity index (χ4n) is 4.63. The van der Waals surface area contributed by atoms with Gasteiger partial charge in [0.2, 0.25) is 6.41 Å². The van der Waals surface area contributed by atoms with Gasteiger partial charge in [0, 0.05) is 24.3 Å². The minimum atomic E-state index is 0.0258. The van der Waals surface area contributed by atoms with Gasteiger partial charge in [0.15, 0.2) is 6.29 Å². The van der Waals surface area contributed by atoms with E-state index in [0.717, 1.165) is 38.9 Å². The van der Waals surface area contributed by atoms with Gasteiger partial charge in [-0.15, -0.1) is 0 Å². The van der Waals surface area contributed by atoms with Crippen LogP contribution in [0.2, 0.25) is 10.0 Å². The van der Waals surface area contributed by atoms with Crippen LogP contribution in [0.15, 0.2) is 42.5 Å². The molecule has 2 N–H and O–H groups in total. The van der Waals surface area contributed by atoms with Crippen LogP contribution < -0.4 is 15.4 Å². The molecule has 0 aliphatic heterocycles. The molecule has 6 nitrogen and oxygen atoms in total. The van der Waals surface area contributed by atoms with Crippen molar-refractivity contribution in [1.82, 2.24) is 10.6 Å². The van der Waals surface area contributed by atoms with Crippen LogP contribution in [0.25, 0.3) is 0 Å². The number of carbonyl (C=O) groups excluding carboxylic acids is 2. The van der Waals surface area contributed by atoms with E-state index in [1.165, 1.54) is 17.5 Å². The number of carbonyl (C=O) groups is 2. The molecule has 198 valence electrons. The van der Waals surface area contributed by atoms with Gasteiger partial charge in [-0.05, 0) is 69.7 Å². The third kappa shape index (κ3) is 8.77. The predicted molar refractivity (Wildman–Crippen MR) is 146 cm³/mol. The third-order valence-electron chi connectivity index (χ3n) is 6.83. The number of fused-ring (bicyclic) bond motifs is 1. The van der Waals surface area contributed by atoms with Crippen molar-refractivity contribution in [2.24, 2.45) is 5.41 Å². The Hall–Kier alpha value is -2.12. The van der Waals surface area contributed by atoms with E-state index in [4.69, 9.17) is 32.7 Å². The molecule has 2 aliphatic rings. The van der Waals surface area contributed by atoms with Crippen molar-refractivity contribution in [3.8, 4) is 5.75 Å². The van der Waals surface area contributed by atoms with Crippen molar-refractivity contribution >= 4 is 35.9 Å². The summed E-state index contributed by atoms with van der Waals surface area (Å²) in [6.45, 7) is 8.06. The van der Waals surface area contributed by atoms with Crippen LogP contribution in [0.1, 0.15) is 44.2 Å². The average Bonchev–Trinajstić information content (AvgIpc) is 3.32. The lowest BCUT2D eigenvalue weighted by Crippen LogP contribution is -2.34. The first-order valence-electron chi connectivity index (χ1n) is 12.3. The summed E-state index contributed by atoms with van der Waals surface area (Å²) in [7, 11) is 1.99. The lowest BCUT2D eigenvalue weighted by Gasteiger charge is -2.14. The van der Waals surface area contributed by atoms with E-state index in [0.29, 0.717) is 33.5 Å². The molecule has 1 amide bonds. The molecule has 3 unspecified atom stereocenters. The van der Waals surface area contributed by atoms with Crippen LogP contribution in [-0.4, -0.2) is 51.1 Å². The second kappa shape index (κ2) is 14.6. The lowest BCUT2D eigenvalue weighted by atomic mass is 10.1. The van der Waals surface area contributed by atoms with Crippen LogP contribution in [0.4, 0.5) is 0 Å². The Morgan fingerprint density at radius 3 is 2.36 bits per heavy atom. The molecule has 2 aromatic carbocycles. The number of rotatable bonds is 10. The molecular formula is C28H38Cl2N2O4. The molecule has 0 spiro atoms. The van der Waals surface area contributed by atoms with Crippen molar-refractivity contribution in [2.75, 3.05) is 26.9 Å². The summed E-state index contributed by atoms with van der Waals surface area (Å²) in [5, 5.41) is 7.14. The van der Waals surface area contributed by atoms with Gasteiger partial charge in [0.1, 0.15) is 12.4 Å². The minimum Gasteiger partial charge on any atom is -0.486 e. The van der Waals surface area contributed by atoms with Gasteiger partial charge in [0.25, 0.3) is 0 Å². The Morgan fingerprint density at radius 2 is 1.81 bits per heavy atom. The lowest BCUT2D eigenvalue weighted by molar-refractivity contribution is -0.110. The molecule has 2 fully saturated rings. The van der Waals surface area contributed by atoms with E-state index in [1.807, 2.05) is 14.0 Å². The van der Waals surface area contributed by atoms with Gasteiger partial charge < -0.3 is 20.1 Å². The number of ether oxygens (including phenoxy) is 2. The fraction of sp³-hybridized carbons (Fsp3) is 0.500. The summed E-state index contributed by atoms with van der Waals surface area (Å²) in [6.07, 6.45) is 6.00. The van der Waals surface area contributed by atoms with Crippen molar-refractivity contribution < 1.29 is 19.1 Å². The number of amides is 1. The molecule has 0 radical (unpaired) electrons. The molecule has 4 rings (SSSR count). The zero-order valence-electron chi connectivity index (χ0n) is 21.6. The van der Waals surface area contributed by atoms with Gasteiger partial charge in [0.05, 0.1) is 16.7 Å². The largest absolute Gasteiger partial charge is 0.486 e. The van der Waals surface area contributed by atoms with Crippen molar-refractivity contribution in [2.45, 2.75) is 58.0 Å². The number of aldehydes is 1. The van der Waals surface area contributed by atoms with Crippen LogP contribution in [0.5, 0.6) is 5.75 Å². The first-order chi connectivity index (χ1) is 17.2. The van der Waals surface area contributed by atoms with E-state index in [-0.39, 0.29) is 12.1 Å². The summed E-state index contributed by atoms with van der Waals surface area (Å²) in [5.41, 5.74) is 3.19. The molecule has 36 heavy (non-hydrogen) atoms. The molecule has 3 atom stereocenters. The molecule has 2 aromatic rings. The zero-order valence-corrected chi connectivity index (χ0v) is 23.1. The van der Waals surface area contributed by atoms with Crippen LogP contribution in [0.3, 0.4) is 0 Å². The van der Waals surface area contributed by atoms with Crippen LogP contribution in [-0.2, 0) is 20.7 Å². The SMILES string of the molecule is CCOCCc1ccc(C)cc1.CNC1CC2(C)CC2(NC=O)C1.O=CCOc1ccc(Cl)c(Cl)c1. The third-order valence-corrected chi connectivity index (χ3v) is 7.57. The predicted octanol–water partition coefficient (Wildman–Crippen LogP) is 5.41. The minimum absolute atomic E-state index is 0.0258. The Balaban J connectivity index is 0.000000190. The highest BCUT2D eigenvalue weighted by molar-refractivity contribution is 6.42. The van der Waals surface area contributed by atoms with Gasteiger partial charge in [-0.25, -0.2) is 0 Å². The van der Waals surface area contributed by atoms with Crippen LogP contribution >= 0.6 is 23.2 Å². The van der Waals surface area contributed by atoms with E-state index in [1.54, 1.807) is 18.2 Å². The summed E-state index contributed by atoms with van der Waals surface area (Å²) in [6, 6.07) is 14.0. The van der Waals surface area contributed by atoms with Gasteiger partial charge in [-0.1, -0.05) is 60.0 Å². The number of hydrogen-bond acceptors (Lipinski definition) is 5. The number of benzene rings is 2. The van der Waals surface area contributed by atoms with Crippen molar-refractivity contribution in [1.29, 1.82) is 0 Å². The summed E-state index contributed by atoms with van der Waals surface area (Å²) in [5.74, 6) is 0.538. The average molecular weight is 538 g/mol. The molecule has 8 heteroatoms. The number of hydrogen-bond donors (Lipinski definition) is 2. The van der Waals surface area contributed by atoms with E-state index < -0.39 is 0 Å². The molecule has 0 bridgehead atoms. The molecule has 2 saturated carbocycles. The van der Waals surface area contributed by atoms with Gasteiger partial charge in [-0.2, -0.15) is 0 Å². The first-order valence-corrected chi connectivity index (χ1v) is 13.0. The Morgan fingerprint density at radius 1 is 1.08 bits per heavy atom. The zero-order chi connectivity index (χ0) is 26.6. The van der Waals surface area contributed by atoms with Gasteiger partial charge >= 0.3 is 0 Å². The second-order valence-corrected chi connectivity index (χ2v) is 10.3. The normalized spacial score (nSPS) is 23.2. The standard InChI is InChI=1S/C11H16O.C9H16N2O.C8H6Cl2O2/c1-3-12-9-8-11-6-4-10(2)5-7-11;1-8-3-7(10-2)4-9(8,5-8)11-6-12;9-7-2-1-6(5-8(7)10)12-4-3-11/h4-7H,3,8-9H2,1-2H3;6-7,10H,3-5H2,1-2H3,(H,11,12);1-3,5H,4H2.